The fourth-order valence-electron chi connectivity index (χ4n) is 2.88. The Bertz CT molecular complexity index is 711. The summed E-state index contributed by atoms with van der Waals surface area (Å²) in [6, 6.07) is 6.26. The van der Waals surface area contributed by atoms with E-state index in [4.69, 9.17) is 10.5 Å². The molecule has 21 heavy (non-hydrogen) atoms. The summed E-state index contributed by atoms with van der Waals surface area (Å²) in [6.45, 7) is 6.63. The number of hydrogen-bond acceptors (Lipinski definition) is 2. The van der Waals surface area contributed by atoms with Gasteiger partial charge >= 0.3 is 0 Å². The van der Waals surface area contributed by atoms with Gasteiger partial charge in [0.25, 0.3) is 0 Å². The highest BCUT2D eigenvalue weighted by Crippen LogP contribution is 2.38. The maximum absolute atomic E-state index is 6.10. The Kier molecular flexibility index (Phi) is 3.23. The summed E-state index contributed by atoms with van der Waals surface area (Å²) < 4.78 is 5.70. The fraction of sp³-hybridized carbons (Fsp3) is 0.444. The number of nitrogens with two attached hydrogens (primary N) is 1. The molecule has 0 atom stereocenters. The SMILES string of the molecule is COC(=C1CCC1)c1cc(N)cc2cc(C(C)(C)C)[nH]c12. The Morgan fingerprint density at radius 1 is 1.19 bits per heavy atom. The summed E-state index contributed by atoms with van der Waals surface area (Å²) >= 11 is 0. The monoisotopic (exact) mass is 284 g/mol. The number of aromatic nitrogens is 1. The van der Waals surface area contributed by atoms with E-state index in [2.05, 4.69) is 31.8 Å². The standard InChI is InChI=1S/C18H24N2O/c1-18(2,3)15-9-12-8-13(19)10-14(16(12)20-15)17(21-4)11-6-5-7-11/h8-10,20H,5-7,19H2,1-4H3. The first kappa shape index (κ1) is 14.1. The molecule has 0 amide bonds. The summed E-state index contributed by atoms with van der Waals surface area (Å²) in [6.07, 6.45) is 3.52. The summed E-state index contributed by atoms with van der Waals surface area (Å²) in [5, 5.41) is 1.16. The Morgan fingerprint density at radius 2 is 1.90 bits per heavy atom. The molecule has 1 aliphatic rings. The van der Waals surface area contributed by atoms with Gasteiger partial charge in [-0.3, -0.25) is 0 Å². The number of aromatic amines is 1. The van der Waals surface area contributed by atoms with Gasteiger partial charge in [0.2, 0.25) is 0 Å². The number of ether oxygens (including phenoxy) is 1. The molecule has 3 nitrogen and oxygen atoms in total. The number of fused-ring (bicyclic) bond motifs is 1. The second-order valence-corrected chi connectivity index (χ2v) is 6.96. The Balaban J connectivity index is 2.24. The minimum absolute atomic E-state index is 0.0852. The van der Waals surface area contributed by atoms with Gasteiger partial charge in [-0.1, -0.05) is 20.8 Å². The number of rotatable bonds is 2. The molecule has 3 N–H and O–H groups in total. The van der Waals surface area contributed by atoms with Crippen molar-refractivity contribution in [3.63, 3.8) is 0 Å². The van der Waals surface area contributed by atoms with Crippen LogP contribution < -0.4 is 5.73 Å². The molecule has 0 radical (unpaired) electrons. The number of H-pyrrole nitrogens is 1. The average molecular weight is 284 g/mol. The van der Waals surface area contributed by atoms with E-state index in [1.54, 1.807) is 7.11 Å². The number of anilines is 1. The first-order chi connectivity index (χ1) is 9.90. The zero-order valence-corrected chi connectivity index (χ0v) is 13.3. The van der Waals surface area contributed by atoms with Crippen molar-refractivity contribution >= 4 is 22.3 Å². The van der Waals surface area contributed by atoms with Gasteiger partial charge < -0.3 is 15.5 Å². The van der Waals surface area contributed by atoms with E-state index in [0.717, 1.165) is 40.8 Å². The highest BCUT2D eigenvalue weighted by Gasteiger charge is 2.22. The number of nitrogen functional groups attached to an aromatic ring is 1. The van der Waals surface area contributed by atoms with Gasteiger partial charge in [0.1, 0.15) is 5.76 Å². The van der Waals surface area contributed by atoms with Gasteiger partial charge in [-0.15, -0.1) is 0 Å². The average Bonchev–Trinajstić information content (AvgIpc) is 2.76. The number of allylic oxidation sites excluding steroid dienone is 1. The molecular weight excluding hydrogens is 260 g/mol. The van der Waals surface area contributed by atoms with Crippen LogP contribution in [0.3, 0.4) is 0 Å². The van der Waals surface area contributed by atoms with E-state index in [0.29, 0.717) is 0 Å². The quantitative estimate of drug-likeness (QED) is 0.626. The third kappa shape index (κ3) is 2.41. The normalized spacial score (nSPS) is 15.1. The van der Waals surface area contributed by atoms with Gasteiger partial charge in [-0.05, 0) is 43.0 Å². The van der Waals surface area contributed by atoms with Crippen LogP contribution in [0.25, 0.3) is 16.7 Å². The molecule has 1 fully saturated rings. The molecule has 3 heteroatoms. The molecule has 1 aromatic heterocycles. The first-order valence-corrected chi connectivity index (χ1v) is 7.59. The van der Waals surface area contributed by atoms with Crippen LogP contribution in [0.2, 0.25) is 0 Å². The molecule has 1 aromatic carbocycles. The fourth-order valence-corrected chi connectivity index (χ4v) is 2.88. The zero-order valence-electron chi connectivity index (χ0n) is 13.3. The Labute approximate surface area is 126 Å². The van der Waals surface area contributed by atoms with E-state index in [1.807, 2.05) is 12.1 Å². The van der Waals surface area contributed by atoms with Crippen molar-refractivity contribution in [2.24, 2.45) is 0 Å². The minimum atomic E-state index is 0.0852. The van der Waals surface area contributed by atoms with Crippen molar-refractivity contribution < 1.29 is 4.74 Å². The van der Waals surface area contributed by atoms with Crippen molar-refractivity contribution in [1.82, 2.24) is 4.98 Å². The van der Waals surface area contributed by atoms with Crippen LogP contribution in [0.4, 0.5) is 5.69 Å². The first-order valence-electron chi connectivity index (χ1n) is 7.59. The van der Waals surface area contributed by atoms with Crippen molar-refractivity contribution in [1.29, 1.82) is 0 Å². The molecule has 0 aliphatic heterocycles. The molecule has 1 saturated carbocycles. The Morgan fingerprint density at radius 3 is 2.43 bits per heavy atom. The predicted molar refractivity (Wildman–Crippen MR) is 89.2 cm³/mol. The summed E-state index contributed by atoms with van der Waals surface area (Å²) in [7, 11) is 1.75. The lowest BCUT2D eigenvalue weighted by Gasteiger charge is -2.22. The molecule has 0 bridgehead atoms. The smallest absolute Gasteiger partial charge is 0.127 e. The summed E-state index contributed by atoms with van der Waals surface area (Å²) in [5.41, 5.74) is 11.8. The van der Waals surface area contributed by atoms with Crippen molar-refractivity contribution in [3.8, 4) is 0 Å². The second kappa shape index (κ2) is 4.83. The molecule has 112 valence electrons. The number of benzene rings is 1. The maximum atomic E-state index is 6.10. The van der Waals surface area contributed by atoms with Crippen molar-refractivity contribution in [2.45, 2.75) is 45.4 Å². The molecule has 0 spiro atoms. The van der Waals surface area contributed by atoms with Crippen LogP contribution >= 0.6 is 0 Å². The van der Waals surface area contributed by atoms with Crippen LogP contribution in [-0.2, 0) is 10.2 Å². The molecule has 1 heterocycles. The third-order valence-electron chi connectivity index (χ3n) is 4.29. The van der Waals surface area contributed by atoms with Crippen molar-refractivity contribution in [2.75, 3.05) is 12.8 Å². The molecule has 0 saturated heterocycles. The second-order valence-electron chi connectivity index (χ2n) is 6.96. The van der Waals surface area contributed by atoms with Crippen LogP contribution in [-0.4, -0.2) is 12.1 Å². The molecule has 2 aromatic rings. The van der Waals surface area contributed by atoms with Crippen LogP contribution in [0.5, 0.6) is 0 Å². The van der Waals surface area contributed by atoms with E-state index >= 15 is 0 Å². The van der Waals surface area contributed by atoms with Crippen LogP contribution in [0.15, 0.2) is 23.8 Å². The highest BCUT2D eigenvalue weighted by atomic mass is 16.5. The maximum Gasteiger partial charge on any atom is 0.127 e. The largest absolute Gasteiger partial charge is 0.496 e. The van der Waals surface area contributed by atoms with Gasteiger partial charge in [-0.2, -0.15) is 0 Å². The number of hydrogen-bond donors (Lipinski definition) is 2. The molecular formula is C18H24N2O. The number of methoxy groups -OCH3 is 1. The van der Waals surface area contributed by atoms with Crippen LogP contribution in [0.1, 0.15) is 51.3 Å². The van der Waals surface area contributed by atoms with Crippen LogP contribution in [0, 0.1) is 0 Å². The number of nitrogens with one attached hydrogen (secondary N) is 1. The zero-order chi connectivity index (χ0) is 15.2. The Hall–Kier alpha value is -1.90. The van der Waals surface area contributed by atoms with Gasteiger partial charge in [0.15, 0.2) is 0 Å². The van der Waals surface area contributed by atoms with Crippen molar-refractivity contribution in [3.05, 3.63) is 35.0 Å². The van der Waals surface area contributed by atoms with Gasteiger partial charge in [0.05, 0.1) is 12.6 Å². The van der Waals surface area contributed by atoms with E-state index < -0.39 is 0 Å². The predicted octanol–water partition coefficient (Wildman–Crippen LogP) is 4.59. The van der Waals surface area contributed by atoms with E-state index in [9.17, 15) is 0 Å². The van der Waals surface area contributed by atoms with Gasteiger partial charge in [0, 0.05) is 27.7 Å². The summed E-state index contributed by atoms with van der Waals surface area (Å²) in [5.74, 6) is 1.00. The summed E-state index contributed by atoms with van der Waals surface area (Å²) in [4.78, 5) is 3.58. The lowest BCUT2D eigenvalue weighted by Crippen LogP contribution is -2.11. The lowest BCUT2D eigenvalue weighted by molar-refractivity contribution is 0.359. The minimum Gasteiger partial charge on any atom is -0.496 e. The molecule has 1 aliphatic carbocycles. The van der Waals surface area contributed by atoms with Gasteiger partial charge in [-0.25, -0.2) is 0 Å². The molecule has 3 rings (SSSR count). The third-order valence-corrected chi connectivity index (χ3v) is 4.29. The van der Waals surface area contributed by atoms with E-state index in [1.165, 1.54) is 17.7 Å². The topological polar surface area (TPSA) is 51.0 Å². The highest BCUT2D eigenvalue weighted by molar-refractivity contribution is 5.94. The molecule has 0 unspecified atom stereocenters. The van der Waals surface area contributed by atoms with E-state index in [-0.39, 0.29) is 5.41 Å². The lowest BCUT2D eigenvalue weighted by atomic mass is 9.89.